The lowest BCUT2D eigenvalue weighted by Crippen LogP contribution is -2.38. The molecule has 0 fully saturated rings. The average Bonchev–Trinajstić information content (AvgIpc) is 3.20. The molecule has 0 spiro atoms. The summed E-state index contributed by atoms with van der Waals surface area (Å²) >= 11 is 14.7. The Morgan fingerprint density at radius 2 is 1.89 bits per heavy atom. The van der Waals surface area contributed by atoms with Gasteiger partial charge in [-0.2, -0.15) is 0 Å². The van der Waals surface area contributed by atoms with Gasteiger partial charge in [0.05, 0.1) is 20.1 Å². The Hall–Kier alpha value is -1.25. The van der Waals surface area contributed by atoms with Gasteiger partial charge in [0, 0.05) is 13.1 Å². The molecule has 27 heavy (non-hydrogen) atoms. The number of likely N-dealkylation sites (N-methyl/N-ethyl adjacent to an activating group) is 1. The molecule has 144 valence electrons. The summed E-state index contributed by atoms with van der Waals surface area (Å²) in [4.78, 5) is 21.5. The number of carbonyl (C=O) groups excluding carboxylic acids is 1. The fourth-order valence-electron chi connectivity index (χ4n) is 2.70. The van der Waals surface area contributed by atoms with E-state index in [1.165, 1.54) is 23.5 Å². The van der Waals surface area contributed by atoms with E-state index in [-0.39, 0.29) is 11.7 Å². The van der Waals surface area contributed by atoms with Gasteiger partial charge in [-0.05, 0) is 37.4 Å². The molecule has 2 aromatic heterocycles. The summed E-state index contributed by atoms with van der Waals surface area (Å²) in [6.45, 7) is 7.06. The Balaban J connectivity index is 1.97. The first kappa shape index (κ1) is 20.5. The van der Waals surface area contributed by atoms with Crippen LogP contribution in [0.1, 0.15) is 24.2 Å². The van der Waals surface area contributed by atoms with Crippen LogP contribution in [-0.4, -0.2) is 42.0 Å². The number of nitrogens with zero attached hydrogens (tertiary/aromatic N) is 3. The molecule has 0 aliphatic rings. The molecule has 0 saturated heterocycles. The maximum atomic E-state index is 13.5. The molecular weight excluding hydrogens is 428 g/mol. The number of hydrogen-bond donors (Lipinski definition) is 0. The van der Waals surface area contributed by atoms with Crippen LogP contribution in [0.15, 0.2) is 24.3 Å². The number of fused-ring (bicyclic) bond motifs is 1. The molecule has 4 nitrogen and oxygen atoms in total. The molecule has 0 N–H and O–H groups in total. The molecule has 0 aliphatic carbocycles. The predicted octanol–water partition coefficient (Wildman–Crippen LogP) is 5.79. The smallest absolute Gasteiger partial charge is 0.262 e. The summed E-state index contributed by atoms with van der Waals surface area (Å²) in [6.07, 6.45) is 0. The normalized spacial score (nSPS) is 11.5. The number of hydrogen-bond acceptors (Lipinski definition) is 5. The minimum Gasteiger partial charge on any atom is -0.302 e. The minimum atomic E-state index is -0.327. The summed E-state index contributed by atoms with van der Waals surface area (Å²) in [5, 5.41) is 0.520. The lowest BCUT2D eigenvalue weighted by molar-refractivity contribution is 0.0984. The molecule has 3 aromatic rings. The number of halogens is 3. The lowest BCUT2D eigenvalue weighted by Gasteiger charge is -2.24. The Morgan fingerprint density at radius 1 is 1.15 bits per heavy atom. The number of amides is 1. The monoisotopic (exact) mass is 445 g/mol. The van der Waals surface area contributed by atoms with E-state index in [0.29, 0.717) is 42.7 Å². The van der Waals surface area contributed by atoms with Crippen LogP contribution in [0, 0.1) is 5.82 Å². The molecule has 0 unspecified atom stereocenters. The molecule has 0 saturated carbocycles. The second-order valence-electron chi connectivity index (χ2n) is 5.83. The second-order valence-corrected chi connectivity index (χ2v) is 9.12. The van der Waals surface area contributed by atoms with Gasteiger partial charge in [-0.25, -0.2) is 9.37 Å². The molecule has 2 heterocycles. The van der Waals surface area contributed by atoms with Crippen molar-refractivity contribution in [3.63, 3.8) is 0 Å². The first-order valence-corrected chi connectivity index (χ1v) is 10.9. The van der Waals surface area contributed by atoms with Gasteiger partial charge in [-0.15, -0.1) is 11.3 Å². The van der Waals surface area contributed by atoms with Crippen LogP contribution >= 0.6 is 45.9 Å². The minimum absolute atomic E-state index is 0.255. The first-order valence-electron chi connectivity index (χ1n) is 8.48. The second kappa shape index (κ2) is 8.84. The topological polar surface area (TPSA) is 36.4 Å². The molecular formula is C18H18Cl2FN3OS2. The van der Waals surface area contributed by atoms with Gasteiger partial charge in [0.25, 0.3) is 5.91 Å². The van der Waals surface area contributed by atoms with Crippen LogP contribution in [0.3, 0.4) is 0 Å². The van der Waals surface area contributed by atoms with Crippen LogP contribution in [0.4, 0.5) is 9.52 Å². The summed E-state index contributed by atoms with van der Waals surface area (Å²) in [6, 6.07) is 5.99. The average molecular weight is 446 g/mol. The van der Waals surface area contributed by atoms with E-state index in [9.17, 15) is 9.18 Å². The van der Waals surface area contributed by atoms with Gasteiger partial charge in [0.15, 0.2) is 5.13 Å². The summed E-state index contributed by atoms with van der Waals surface area (Å²) in [7, 11) is 0. The fourth-order valence-corrected chi connectivity index (χ4v) is 5.16. The quantitative estimate of drug-likeness (QED) is 0.461. The van der Waals surface area contributed by atoms with Crippen molar-refractivity contribution in [2.75, 3.05) is 31.1 Å². The Labute approximate surface area is 175 Å². The summed E-state index contributed by atoms with van der Waals surface area (Å²) < 4.78 is 15.0. The molecule has 0 bridgehead atoms. The molecule has 0 atom stereocenters. The zero-order valence-corrected chi connectivity index (χ0v) is 18.0. The maximum absolute atomic E-state index is 13.5. The van der Waals surface area contributed by atoms with E-state index in [0.717, 1.165) is 24.4 Å². The highest BCUT2D eigenvalue weighted by Crippen LogP contribution is 2.35. The van der Waals surface area contributed by atoms with Gasteiger partial charge < -0.3 is 4.90 Å². The van der Waals surface area contributed by atoms with Crippen molar-refractivity contribution in [1.82, 2.24) is 9.88 Å². The van der Waals surface area contributed by atoms with Crippen LogP contribution in [0.5, 0.6) is 0 Å². The number of anilines is 1. The van der Waals surface area contributed by atoms with E-state index in [2.05, 4.69) is 23.7 Å². The molecule has 1 amide bonds. The SMILES string of the molecule is CCN(CC)CCN(C(=O)c1cc(Cl)sc1Cl)c1nc2ccc(F)cc2s1. The van der Waals surface area contributed by atoms with Crippen LogP contribution < -0.4 is 4.90 Å². The maximum Gasteiger partial charge on any atom is 0.262 e. The number of thiazole rings is 1. The van der Waals surface area contributed by atoms with E-state index >= 15 is 0 Å². The zero-order chi connectivity index (χ0) is 19.6. The molecule has 0 radical (unpaired) electrons. The van der Waals surface area contributed by atoms with E-state index in [1.54, 1.807) is 17.0 Å². The number of benzene rings is 1. The largest absolute Gasteiger partial charge is 0.302 e. The van der Waals surface area contributed by atoms with Crippen LogP contribution in [0.25, 0.3) is 10.2 Å². The lowest BCUT2D eigenvalue weighted by atomic mass is 10.3. The van der Waals surface area contributed by atoms with Crippen molar-refractivity contribution in [1.29, 1.82) is 0 Å². The van der Waals surface area contributed by atoms with Gasteiger partial charge in [0.1, 0.15) is 10.2 Å². The van der Waals surface area contributed by atoms with E-state index in [4.69, 9.17) is 23.2 Å². The van der Waals surface area contributed by atoms with Crippen molar-refractivity contribution < 1.29 is 9.18 Å². The van der Waals surface area contributed by atoms with Crippen molar-refractivity contribution in [3.05, 3.63) is 44.3 Å². The van der Waals surface area contributed by atoms with Crippen molar-refractivity contribution in [2.45, 2.75) is 13.8 Å². The van der Waals surface area contributed by atoms with Crippen molar-refractivity contribution in [3.8, 4) is 0 Å². The van der Waals surface area contributed by atoms with Gasteiger partial charge in [-0.1, -0.05) is 48.4 Å². The molecule has 9 heteroatoms. The standard InChI is InChI=1S/C18H18Cl2FN3OS2/c1-3-23(4-2)7-8-24(17(25)12-10-15(19)27-16(12)20)18-22-13-6-5-11(21)9-14(13)26-18/h5-6,9-10H,3-4,7-8H2,1-2H3. The third-order valence-corrected chi connectivity index (χ3v) is 6.77. The fraction of sp³-hybridized carbons (Fsp3) is 0.333. The van der Waals surface area contributed by atoms with Gasteiger partial charge >= 0.3 is 0 Å². The highest BCUT2D eigenvalue weighted by molar-refractivity contribution is 7.22. The molecule has 0 aliphatic heterocycles. The number of carbonyl (C=O) groups is 1. The zero-order valence-electron chi connectivity index (χ0n) is 14.8. The highest BCUT2D eigenvalue weighted by Gasteiger charge is 2.25. The molecule has 3 rings (SSSR count). The predicted molar refractivity (Wildman–Crippen MR) is 113 cm³/mol. The van der Waals surface area contributed by atoms with Crippen LogP contribution in [-0.2, 0) is 0 Å². The van der Waals surface area contributed by atoms with Crippen molar-refractivity contribution in [2.24, 2.45) is 0 Å². The van der Waals surface area contributed by atoms with Crippen molar-refractivity contribution >= 4 is 67.1 Å². The third kappa shape index (κ3) is 4.60. The Kier molecular flexibility index (Phi) is 6.70. The van der Waals surface area contributed by atoms with Gasteiger partial charge in [0.2, 0.25) is 0 Å². The van der Waals surface area contributed by atoms with Gasteiger partial charge in [-0.3, -0.25) is 9.69 Å². The number of rotatable bonds is 7. The van der Waals surface area contributed by atoms with E-state index in [1.807, 2.05) is 0 Å². The van der Waals surface area contributed by atoms with Crippen LogP contribution in [0.2, 0.25) is 8.67 Å². The summed E-state index contributed by atoms with van der Waals surface area (Å²) in [5.41, 5.74) is 1.02. The summed E-state index contributed by atoms with van der Waals surface area (Å²) in [5.74, 6) is -0.582. The highest BCUT2D eigenvalue weighted by atomic mass is 35.5. The first-order chi connectivity index (χ1) is 12.9. The number of aromatic nitrogens is 1. The number of thiophene rings is 1. The Morgan fingerprint density at radius 3 is 2.52 bits per heavy atom. The van der Waals surface area contributed by atoms with E-state index < -0.39 is 0 Å². The Bertz CT molecular complexity index is 955. The molecule has 1 aromatic carbocycles. The third-order valence-electron chi connectivity index (χ3n) is 4.24.